The van der Waals surface area contributed by atoms with E-state index in [2.05, 4.69) is 0 Å². The Balaban J connectivity index is 1.18. The van der Waals surface area contributed by atoms with E-state index in [4.69, 9.17) is 26.8 Å². The molecule has 0 aliphatic carbocycles. The predicted octanol–water partition coefficient (Wildman–Crippen LogP) is 7.05. The second kappa shape index (κ2) is 12.4. The van der Waals surface area contributed by atoms with Crippen molar-refractivity contribution in [1.82, 2.24) is 0 Å². The van der Waals surface area contributed by atoms with E-state index in [0.29, 0.717) is 24.0 Å². The molecule has 4 rings (SSSR count). The van der Waals surface area contributed by atoms with E-state index in [-0.39, 0.29) is 10.8 Å². The van der Waals surface area contributed by atoms with Gasteiger partial charge in [0.25, 0.3) is 5.24 Å². The molecule has 1 heterocycles. The van der Waals surface area contributed by atoms with Crippen LogP contribution < -0.4 is 14.4 Å². The molecule has 0 bridgehead atoms. The number of carbonyl (C=O) groups excluding carboxylic acids is 1. The number of carbonyl (C=O) groups is 2. The van der Waals surface area contributed by atoms with Crippen molar-refractivity contribution in [2.24, 2.45) is 0 Å². The minimum absolute atomic E-state index is 0.0982. The van der Waals surface area contributed by atoms with Crippen LogP contribution >= 0.6 is 24.0 Å². The van der Waals surface area contributed by atoms with Crippen LogP contribution in [0.25, 0.3) is 6.08 Å². The maximum absolute atomic E-state index is 12.5. The Labute approximate surface area is 219 Å². The van der Waals surface area contributed by atoms with Gasteiger partial charge in [0.2, 0.25) is 0 Å². The number of rotatable bonds is 11. The Kier molecular flexibility index (Phi) is 8.76. The van der Waals surface area contributed by atoms with E-state index in [1.807, 2.05) is 60.7 Å². The Hall–Kier alpha value is -3.62. The summed E-state index contributed by atoms with van der Waals surface area (Å²) < 4.78 is 11.5. The second-order valence-electron chi connectivity index (χ2n) is 8.01. The van der Waals surface area contributed by atoms with E-state index in [0.717, 1.165) is 52.9 Å². The van der Waals surface area contributed by atoms with Gasteiger partial charge in [-0.2, -0.15) is 0 Å². The van der Waals surface area contributed by atoms with Gasteiger partial charge in [0, 0.05) is 0 Å². The number of aromatic carboxylic acids is 1. The molecule has 0 unspecified atom stereocenters. The summed E-state index contributed by atoms with van der Waals surface area (Å²) in [6.45, 7) is 1.17. The molecule has 36 heavy (non-hydrogen) atoms. The fraction of sp³-hybridized carbons (Fsp3) is 0.179. The van der Waals surface area contributed by atoms with Crippen LogP contribution in [0.1, 0.15) is 35.2 Å². The predicted molar refractivity (Wildman–Crippen MR) is 147 cm³/mol. The molecule has 3 aromatic rings. The number of anilines is 1. The maximum Gasteiger partial charge on any atom is 0.335 e. The summed E-state index contributed by atoms with van der Waals surface area (Å²) in [6, 6.07) is 23.5. The number of thiocarbonyl (C=S) groups is 1. The van der Waals surface area contributed by atoms with E-state index in [1.54, 1.807) is 17.0 Å². The minimum atomic E-state index is -0.947. The van der Waals surface area contributed by atoms with Crippen LogP contribution in [0, 0.1) is 0 Å². The number of carboxylic acids is 1. The number of thioether (sulfide) groups is 1. The lowest BCUT2D eigenvalue weighted by Crippen LogP contribution is -2.26. The van der Waals surface area contributed by atoms with Crippen LogP contribution in [0.3, 0.4) is 0 Å². The Bertz CT molecular complexity index is 1240. The highest BCUT2D eigenvalue weighted by Crippen LogP contribution is 2.36. The molecule has 6 nitrogen and oxygen atoms in total. The third kappa shape index (κ3) is 6.74. The fourth-order valence-electron chi connectivity index (χ4n) is 3.53. The third-order valence-electron chi connectivity index (χ3n) is 5.41. The van der Waals surface area contributed by atoms with Crippen molar-refractivity contribution in [3.8, 4) is 11.5 Å². The van der Waals surface area contributed by atoms with Crippen LogP contribution in [0.5, 0.6) is 11.5 Å². The first-order valence-electron chi connectivity index (χ1n) is 11.5. The summed E-state index contributed by atoms with van der Waals surface area (Å²) in [5.41, 5.74) is 1.96. The van der Waals surface area contributed by atoms with Crippen molar-refractivity contribution in [2.45, 2.75) is 19.3 Å². The molecule has 0 spiro atoms. The number of ether oxygens (including phenoxy) is 2. The highest BCUT2D eigenvalue weighted by atomic mass is 32.2. The zero-order chi connectivity index (χ0) is 25.3. The molecule has 1 aliphatic heterocycles. The van der Waals surface area contributed by atoms with Gasteiger partial charge in [0.15, 0.2) is 0 Å². The van der Waals surface area contributed by atoms with Crippen LogP contribution in [0.4, 0.5) is 10.5 Å². The summed E-state index contributed by atoms with van der Waals surface area (Å²) in [6.07, 6.45) is 4.66. The van der Waals surface area contributed by atoms with Gasteiger partial charge in [-0.05, 0) is 91.2 Å². The summed E-state index contributed by atoms with van der Waals surface area (Å²) >= 11 is 6.69. The van der Waals surface area contributed by atoms with E-state index in [1.165, 1.54) is 12.1 Å². The van der Waals surface area contributed by atoms with Gasteiger partial charge in [-0.3, -0.25) is 9.69 Å². The van der Waals surface area contributed by atoms with Crippen molar-refractivity contribution in [3.05, 3.63) is 94.9 Å². The van der Waals surface area contributed by atoms with Gasteiger partial charge in [0.05, 0.1) is 29.4 Å². The molecule has 0 radical (unpaired) electrons. The Morgan fingerprint density at radius 3 is 2.03 bits per heavy atom. The molecule has 0 aromatic heterocycles. The van der Waals surface area contributed by atoms with E-state index >= 15 is 0 Å². The van der Waals surface area contributed by atoms with E-state index < -0.39 is 5.97 Å². The lowest BCUT2D eigenvalue weighted by atomic mass is 10.2. The summed E-state index contributed by atoms with van der Waals surface area (Å²) in [4.78, 5) is 26.2. The van der Waals surface area contributed by atoms with Crippen LogP contribution in [0.2, 0.25) is 0 Å². The van der Waals surface area contributed by atoms with Crippen molar-refractivity contribution < 1.29 is 24.2 Å². The lowest BCUT2D eigenvalue weighted by Gasteiger charge is -2.14. The summed E-state index contributed by atoms with van der Waals surface area (Å²) in [5, 5.41) is 8.82. The quantitative estimate of drug-likeness (QED) is 0.165. The first kappa shape index (κ1) is 25.5. The molecular formula is C28H25NO5S2. The maximum atomic E-state index is 12.5. The highest BCUT2D eigenvalue weighted by Gasteiger charge is 2.32. The smallest absolute Gasteiger partial charge is 0.335 e. The molecule has 1 N–H and O–H groups in total. The molecule has 0 atom stereocenters. The van der Waals surface area contributed by atoms with Gasteiger partial charge < -0.3 is 14.6 Å². The number of hydrogen-bond donors (Lipinski definition) is 1. The Morgan fingerprint density at radius 2 is 1.44 bits per heavy atom. The molecular weight excluding hydrogens is 494 g/mol. The molecule has 8 heteroatoms. The summed E-state index contributed by atoms with van der Waals surface area (Å²) in [5.74, 6) is 0.507. The molecule has 1 amide bonds. The molecule has 0 saturated carbocycles. The normalized spacial score (nSPS) is 14.3. The van der Waals surface area contributed by atoms with E-state index in [9.17, 15) is 9.59 Å². The molecule has 3 aromatic carbocycles. The molecule has 184 valence electrons. The third-order valence-corrected chi connectivity index (χ3v) is 6.83. The number of para-hydroxylation sites is 1. The van der Waals surface area contributed by atoms with Crippen molar-refractivity contribution >= 4 is 51.9 Å². The van der Waals surface area contributed by atoms with Crippen LogP contribution in [-0.2, 0) is 0 Å². The number of nitrogens with zero attached hydrogens (tertiary/aromatic N) is 1. The second-order valence-corrected chi connectivity index (χ2v) is 9.39. The number of carboxylic acid groups (broad SMARTS) is 1. The first-order valence-corrected chi connectivity index (χ1v) is 12.8. The number of unbranched alkanes of at least 4 members (excludes halogenated alkanes) is 2. The largest absolute Gasteiger partial charge is 0.494 e. The average Bonchev–Trinajstić information content (AvgIpc) is 3.17. The number of hydrogen-bond acceptors (Lipinski definition) is 6. The first-order chi connectivity index (χ1) is 17.5. The zero-order valence-electron chi connectivity index (χ0n) is 19.5. The standard InChI is InChI=1S/C28H25NO5S2/c30-27(31)21-11-15-24(16-12-21)34-18-6-2-5-17-33-23-13-9-20(10-14-23)19-25-26(35)29(28(32)36-25)22-7-3-1-4-8-22/h1,3-4,7-16,19H,2,5-6,17-18H2,(H,30,31)/b25-19+. The molecule has 1 fully saturated rings. The van der Waals surface area contributed by atoms with Gasteiger partial charge in [-0.15, -0.1) is 0 Å². The zero-order valence-corrected chi connectivity index (χ0v) is 21.1. The van der Waals surface area contributed by atoms with Crippen molar-refractivity contribution in [3.63, 3.8) is 0 Å². The Morgan fingerprint density at radius 1 is 0.861 bits per heavy atom. The van der Waals surface area contributed by atoms with Gasteiger partial charge in [-0.25, -0.2) is 4.79 Å². The van der Waals surface area contributed by atoms with Crippen LogP contribution in [0.15, 0.2) is 83.8 Å². The monoisotopic (exact) mass is 519 g/mol. The number of amides is 1. The average molecular weight is 520 g/mol. The fourth-order valence-corrected chi connectivity index (χ4v) is 4.81. The van der Waals surface area contributed by atoms with Crippen LogP contribution in [-0.4, -0.2) is 34.5 Å². The van der Waals surface area contributed by atoms with Crippen molar-refractivity contribution in [1.29, 1.82) is 0 Å². The SMILES string of the molecule is O=C(O)c1ccc(OCCCCCOc2ccc(/C=C3/SC(=O)N(c4ccccc4)C3=S)cc2)cc1. The lowest BCUT2D eigenvalue weighted by molar-refractivity contribution is 0.0697. The van der Waals surface area contributed by atoms with Gasteiger partial charge in [-0.1, -0.05) is 42.5 Å². The van der Waals surface area contributed by atoms with Crippen molar-refractivity contribution in [2.75, 3.05) is 18.1 Å². The van der Waals surface area contributed by atoms with Gasteiger partial charge in [0.1, 0.15) is 16.5 Å². The topological polar surface area (TPSA) is 76.1 Å². The molecule has 1 aliphatic rings. The van der Waals surface area contributed by atoms with Gasteiger partial charge >= 0.3 is 5.97 Å². The highest BCUT2D eigenvalue weighted by molar-refractivity contribution is 8.20. The summed E-state index contributed by atoms with van der Waals surface area (Å²) in [7, 11) is 0. The minimum Gasteiger partial charge on any atom is -0.494 e. The number of benzene rings is 3. The molecule has 1 saturated heterocycles.